The fourth-order valence-electron chi connectivity index (χ4n) is 0.121. The maximum atomic E-state index is 11.0. The summed E-state index contributed by atoms with van der Waals surface area (Å²) >= 11 is 0. The number of hydrazone groups is 1. The summed E-state index contributed by atoms with van der Waals surface area (Å²) < 4.78 is 33.0. The molecule has 0 saturated carbocycles. The van der Waals surface area contributed by atoms with Gasteiger partial charge in [0.25, 0.3) is 0 Å². The molecule has 0 aromatic rings. The van der Waals surface area contributed by atoms with E-state index in [1.807, 2.05) is 5.11 Å². The van der Waals surface area contributed by atoms with E-state index in [0.29, 0.717) is 6.34 Å². The Balaban J connectivity index is 3.71. The number of hydrogen-bond acceptors (Lipinski definition) is 3. The van der Waals surface area contributed by atoms with Gasteiger partial charge in [0.1, 0.15) is 0 Å². The Bertz CT molecular complexity index is 124. The molecule has 0 saturated heterocycles. The van der Waals surface area contributed by atoms with Gasteiger partial charge >= 0.3 is 6.30 Å². The molecule has 52 valence electrons. The molecule has 4 nitrogen and oxygen atoms in total. The van der Waals surface area contributed by atoms with Crippen LogP contribution in [-0.2, 0) is 0 Å². The van der Waals surface area contributed by atoms with Crippen LogP contribution in [0.2, 0.25) is 0 Å². The first-order chi connectivity index (χ1) is 4.06. The van der Waals surface area contributed by atoms with Crippen LogP contribution in [0.15, 0.2) is 15.3 Å². The summed E-state index contributed by atoms with van der Waals surface area (Å²) in [4.78, 5) is 0. The Morgan fingerprint density at radius 2 is 1.89 bits per heavy atom. The molecule has 2 N–H and O–H groups in total. The van der Waals surface area contributed by atoms with Crippen LogP contribution >= 0.6 is 0 Å². The minimum absolute atomic E-state index is 0.494. The van der Waals surface area contributed by atoms with Crippen molar-refractivity contribution in [1.29, 1.82) is 0 Å². The van der Waals surface area contributed by atoms with E-state index in [2.05, 4.69) is 16.1 Å². The Morgan fingerprint density at radius 3 is 2.22 bits per heavy atom. The summed E-state index contributed by atoms with van der Waals surface area (Å²) in [7, 11) is 0. The van der Waals surface area contributed by atoms with Gasteiger partial charge in [-0.05, 0) is 0 Å². The van der Waals surface area contributed by atoms with Gasteiger partial charge in [0.15, 0.2) is 6.34 Å². The quantitative estimate of drug-likeness (QED) is 0.144. The summed E-state index contributed by atoms with van der Waals surface area (Å²) in [5, 5.41) is 6.94. The summed E-state index contributed by atoms with van der Waals surface area (Å²) in [6.45, 7) is 0. The highest BCUT2D eigenvalue weighted by molar-refractivity contribution is 5.53. The molecule has 0 radical (unpaired) electrons. The fourth-order valence-corrected chi connectivity index (χ4v) is 0.121. The highest BCUT2D eigenvalue weighted by Gasteiger charge is 2.26. The smallest absolute Gasteiger partial charge is 0.322 e. The van der Waals surface area contributed by atoms with Gasteiger partial charge in [-0.15, -0.1) is 18.3 Å². The van der Waals surface area contributed by atoms with E-state index in [4.69, 9.17) is 0 Å². The van der Waals surface area contributed by atoms with E-state index in [-0.39, 0.29) is 0 Å². The fraction of sp³-hybridized carbons (Fsp3) is 0.500. The molecule has 0 aliphatic rings. The maximum absolute atomic E-state index is 11.0. The van der Waals surface area contributed by atoms with Crippen LogP contribution in [0.25, 0.3) is 0 Å². The molecule has 0 heterocycles. The molecular weight excluding hydrogens is 137 g/mol. The molecule has 0 unspecified atom stereocenters. The third-order valence-corrected chi connectivity index (χ3v) is 0.289. The first-order valence-corrected chi connectivity index (χ1v) is 1.77. The zero-order valence-corrected chi connectivity index (χ0v) is 4.13. The first kappa shape index (κ1) is 7.86. The molecule has 0 fully saturated rings. The van der Waals surface area contributed by atoms with Gasteiger partial charge in [0.05, 0.1) is 0 Å². The van der Waals surface area contributed by atoms with Gasteiger partial charge in [-0.2, -0.15) is 5.10 Å². The second-order valence-corrected chi connectivity index (χ2v) is 0.948. The predicted octanol–water partition coefficient (Wildman–Crippen LogP) is 0.860. The molecule has 0 aromatic carbocycles. The van der Waals surface area contributed by atoms with Gasteiger partial charge in [0, 0.05) is 0 Å². The van der Waals surface area contributed by atoms with Crippen molar-refractivity contribution in [2.24, 2.45) is 21.2 Å². The van der Waals surface area contributed by atoms with Crippen LogP contribution in [0, 0.1) is 0 Å². The van der Waals surface area contributed by atoms with Crippen molar-refractivity contribution in [1.82, 2.24) is 0 Å². The normalized spacial score (nSPS) is 13.7. The van der Waals surface area contributed by atoms with Crippen molar-refractivity contribution in [3.05, 3.63) is 0 Å². The van der Waals surface area contributed by atoms with E-state index in [1.165, 1.54) is 0 Å². The van der Waals surface area contributed by atoms with Crippen molar-refractivity contribution in [3.8, 4) is 0 Å². The maximum Gasteiger partial charge on any atom is 0.521 e. The lowest BCUT2D eigenvalue weighted by Gasteiger charge is -1.90. The predicted molar refractivity (Wildman–Crippen MR) is 23.6 cm³/mol. The van der Waals surface area contributed by atoms with Gasteiger partial charge < -0.3 is 5.84 Å². The average Bonchev–Trinajstić information content (AvgIpc) is 1.63. The molecule has 0 rings (SSSR count). The van der Waals surface area contributed by atoms with Crippen LogP contribution in [0.4, 0.5) is 13.2 Å². The van der Waals surface area contributed by atoms with Crippen molar-refractivity contribution in [3.63, 3.8) is 0 Å². The highest BCUT2D eigenvalue weighted by Crippen LogP contribution is 2.15. The SMILES string of the molecule is NN=CN=NC(F)(F)F. The lowest BCUT2D eigenvalue weighted by atomic mass is 11.2. The Labute approximate surface area is 48.3 Å². The zero-order valence-electron chi connectivity index (χ0n) is 4.13. The lowest BCUT2D eigenvalue weighted by molar-refractivity contribution is -0.125. The summed E-state index contributed by atoms with van der Waals surface area (Å²) in [6.07, 6.45) is -4.14. The number of nitrogens with two attached hydrogens (primary N) is 1. The monoisotopic (exact) mass is 140 g/mol. The number of nitrogens with zero attached hydrogens (tertiary/aromatic N) is 3. The second-order valence-electron chi connectivity index (χ2n) is 0.948. The highest BCUT2D eigenvalue weighted by atomic mass is 19.4. The van der Waals surface area contributed by atoms with E-state index in [0.717, 1.165) is 0 Å². The van der Waals surface area contributed by atoms with Gasteiger partial charge in [0.2, 0.25) is 0 Å². The number of halogens is 3. The molecule has 0 aromatic heterocycles. The topological polar surface area (TPSA) is 63.1 Å². The van der Waals surface area contributed by atoms with Crippen molar-refractivity contribution in [2.75, 3.05) is 0 Å². The largest absolute Gasteiger partial charge is 0.521 e. The number of rotatable bonds is 1. The molecule has 0 amide bonds. The van der Waals surface area contributed by atoms with Gasteiger partial charge in [-0.1, -0.05) is 5.11 Å². The molecular formula is C2H3F3N4. The van der Waals surface area contributed by atoms with Gasteiger partial charge in [-0.3, -0.25) is 0 Å². The van der Waals surface area contributed by atoms with E-state index in [1.54, 1.807) is 0 Å². The summed E-state index contributed by atoms with van der Waals surface area (Å²) in [5.41, 5.74) is 0. The number of hydrogen-bond donors (Lipinski definition) is 1. The van der Waals surface area contributed by atoms with Crippen LogP contribution in [0.1, 0.15) is 0 Å². The van der Waals surface area contributed by atoms with Crippen LogP contribution < -0.4 is 5.84 Å². The molecule has 0 spiro atoms. The summed E-state index contributed by atoms with van der Waals surface area (Å²) in [5.74, 6) is 4.41. The molecule has 0 aliphatic heterocycles. The molecule has 0 atom stereocenters. The molecule has 0 aliphatic carbocycles. The third kappa shape index (κ3) is 6.86. The van der Waals surface area contributed by atoms with E-state index >= 15 is 0 Å². The first-order valence-electron chi connectivity index (χ1n) is 1.77. The van der Waals surface area contributed by atoms with Crippen LogP contribution in [0.3, 0.4) is 0 Å². The standard InChI is InChI=1S/C2H3F3N4/c3-2(4,5)9-8-1-7-6/h1H,6H2. The average molecular weight is 140 g/mol. The molecule has 9 heavy (non-hydrogen) atoms. The second kappa shape index (κ2) is 3.00. The lowest BCUT2D eigenvalue weighted by Crippen LogP contribution is -1.99. The number of alkyl halides is 3. The van der Waals surface area contributed by atoms with Gasteiger partial charge in [-0.25, -0.2) is 0 Å². The van der Waals surface area contributed by atoms with Crippen molar-refractivity contribution in [2.45, 2.75) is 6.30 Å². The minimum atomic E-state index is -4.64. The van der Waals surface area contributed by atoms with Crippen LogP contribution in [-0.4, -0.2) is 12.6 Å². The Morgan fingerprint density at radius 1 is 1.33 bits per heavy atom. The minimum Gasteiger partial charge on any atom is -0.322 e. The van der Waals surface area contributed by atoms with E-state index < -0.39 is 6.30 Å². The number of azo groups is 1. The molecule has 0 bridgehead atoms. The zero-order chi connectivity index (χ0) is 7.33. The van der Waals surface area contributed by atoms with Crippen LogP contribution in [0.5, 0.6) is 0 Å². The Kier molecular flexibility index (Phi) is 2.62. The van der Waals surface area contributed by atoms with Crippen molar-refractivity contribution >= 4 is 6.34 Å². The third-order valence-electron chi connectivity index (χ3n) is 0.289. The molecule has 7 heteroatoms. The summed E-state index contributed by atoms with van der Waals surface area (Å²) in [6, 6.07) is 0. The van der Waals surface area contributed by atoms with Crippen molar-refractivity contribution < 1.29 is 13.2 Å². The Hall–Kier alpha value is -1.14. The van der Waals surface area contributed by atoms with E-state index in [9.17, 15) is 13.2 Å².